The molecule has 13 heavy (non-hydrogen) atoms. The van der Waals surface area contributed by atoms with Gasteiger partial charge in [0.2, 0.25) is 0 Å². The van der Waals surface area contributed by atoms with Crippen molar-refractivity contribution in [3.05, 3.63) is 0 Å². The second-order valence-corrected chi connectivity index (χ2v) is 6.66. The van der Waals surface area contributed by atoms with E-state index in [0.717, 1.165) is 0 Å². The van der Waals surface area contributed by atoms with Gasteiger partial charge in [-0.05, 0) is 11.8 Å². The third-order valence-electron chi connectivity index (χ3n) is 1.58. The van der Waals surface area contributed by atoms with Crippen LogP contribution in [0.3, 0.4) is 0 Å². The van der Waals surface area contributed by atoms with E-state index in [-0.39, 0.29) is 24.2 Å². The predicted octanol–water partition coefficient (Wildman–Crippen LogP) is 1.01. The van der Waals surface area contributed by atoms with Crippen molar-refractivity contribution in [1.29, 1.82) is 0 Å². The summed E-state index contributed by atoms with van der Waals surface area (Å²) in [4.78, 5) is 11.4. The molecular formula is C7H17N2O2PS. The highest BCUT2D eigenvalue weighted by atomic mass is 32.4. The molecule has 1 unspecified atom stereocenters. The Hall–Kier alpha value is 0.200. The zero-order valence-corrected chi connectivity index (χ0v) is 9.90. The smallest absolute Gasteiger partial charge is 0.192 e. The van der Waals surface area contributed by atoms with Crippen molar-refractivity contribution >= 4 is 24.2 Å². The van der Waals surface area contributed by atoms with Gasteiger partial charge in [-0.2, -0.15) is 0 Å². The lowest BCUT2D eigenvalue weighted by molar-refractivity contribution is -0.126. The molecule has 0 amide bonds. The molecule has 6 heteroatoms. The van der Waals surface area contributed by atoms with Gasteiger partial charge in [0.25, 0.3) is 0 Å². The van der Waals surface area contributed by atoms with Crippen molar-refractivity contribution in [3.8, 4) is 0 Å². The van der Waals surface area contributed by atoms with Gasteiger partial charge in [0.15, 0.2) is 6.57 Å². The van der Waals surface area contributed by atoms with Crippen LogP contribution in [0.2, 0.25) is 0 Å². The summed E-state index contributed by atoms with van der Waals surface area (Å²) in [6.07, 6.45) is 0. The van der Waals surface area contributed by atoms with E-state index in [4.69, 9.17) is 15.5 Å². The number of carbonyl (C=O) groups is 1. The van der Waals surface area contributed by atoms with E-state index in [2.05, 4.69) is 11.8 Å². The maximum absolute atomic E-state index is 11.4. The van der Waals surface area contributed by atoms with Crippen LogP contribution in [0.4, 0.5) is 0 Å². The van der Waals surface area contributed by atoms with Crippen molar-refractivity contribution < 1.29 is 9.32 Å². The minimum absolute atomic E-state index is 0.00648. The van der Waals surface area contributed by atoms with Crippen LogP contribution in [0.25, 0.3) is 0 Å². The molecule has 1 atom stereocenters. The minimum atomic E-state index is -2.61. The SMILES string of the molecule is CC(C)C(=O)C(C)COP(N)(N)=S. The average Bonchev–Trinajstić information content (AvgIpc) is 1.97. The molecule has 0 radical (unpaired) electrons. The quantitative estimate of drug-likeness (QED) is 0.681. The maximum Gasteiger partial charge on any atom is 0.192 e. The number of hydrogen-bond donors (Lipinski definition) is 2. The topological polar surface area (TPSA) is 78.3 Å². The lowest BCUT2D eigenvalue weighted by Crippen LogP contribution is -2.23. The van der Waals surface area contributed by atoms with Crippen molar-refractivity contribution in [2.75, 3.05) is 6.61 Å². The first-order chi connectivity index (χ1) is 5.74. The monoisotopic (exact) mass is 224 g/mol. The van der Waals surface area contributed by atoms with Gasteiger partial charge in [-0.3, -0.25) is 15.8 Å². The number of ketones is 1. The molecule has 0 aromatic heterocycles. The highest BCUT2D eigenvalue weighted by Gasteiger charge is 2.18. The van der Waals surface area contributed by atoms with E-state index in [1.54, 1.807) is 6.92 Å². The summed E-state index contributed by atoms with van der Waals surface area (Å²) in [6.45, 7) is 3.09. The zero-order valence-electron chi connectivity index (χ0n) is 8.19. The number of nitrogens with two attached hydrogens (primary N) is 2. The molecule has 4 nitrogen and oxygen atoms in total. The summed E-state index contributed by atoms with van der Waals surface area (Å²) in [5.74, 6) is -0.0371. The largest absolute Gasteiger partial charge is 0.327 e. The minimum Gasteiger partial charge on any atom is -0.327 e. The zero-order chi connectivity index (χ0) is 10.6. The molecule has 0 bridgehead atoms. The Balaban J connectivity index is 3.95. The molecule has 78 valence electrons. The summed E-state index contributed by atoms with van der Waals surface area (Å²) in [7, 11) is 0. The third-order valence-corrected chi connectivity index (χ3v) is 2.45. The van der Waals surface area contributed by atoms with Crippen LogP contribution >= 0.6 is 6.57 Å². The fourth-order valence-electron chi connectivity index (χ4n) is 0.879. The van der Waals surface area contributed by atoms with Crippen LogP contribution < -0.4 is 11.0 Å². The highest BCUT2D eigenvalue weighted by molar-refractivity contribution is 8.10. The van der Waals surface area contributed by atoms with E-state index in [1.807, 2.05) is 13.8 Å². The van der Waals surface area contributed by atoms with Crippen molar-refractivity contribution in [3.63, 3.8) is 0 Å². The summed E-state index contributed by atoms with van der Waals surface area (Å²) in [5.41, 5.74) is 10.7. The van der Waals surface area contributed by atoms with Gasteiger partial charge in [-0.15, -0.1) is 0 Å². The molecule has 0 heterocycles. The second-order valence-electron chi connectivity index (χ2n) is 3.40. The summed E-state index contributed by atoms with van der Waals surface area (Å²) < 4.78 is 5.02. The Morgan fingerprint density at radius 1 is 1.46 bits per heavy atom. The molecule has 4 N–H and O–H groups in total. The van der Waals surface area contributed by atoms with Crippen molar-refractivity contribution in [1.82, 2.24) is 0 Å². The van der Waals surface area contributed by atoms with Crippen LogP contribution in [0.1, 0.15) is 20.8 Å². The molecule has 0 rings (SSSR count). The van der Waals surface area contributed by atoms with Crippen LogP contribution in [-0.4, -0.2) is 12.4 Å². The molecule has 0 aliphatic carbocycles. The first-order valence-corrected chi connectivity index (χ1v) is 6.95. The standard InChI is InChI=1S/C7H17N2O2PS/c1-5(2)7(10)6(3)4-11-12(8,9)13/h5-6H,4H2,1-3H3,(H4,8,9,13). The van der Waals surface area contributed by atoms with E-state index < -0.39 is 6.57 Å². The molecule has 0 spiro atoms. The van der Waals surface area contributed by atoms with Crippen molar-refractivity contribution in [2.24, 2.45) is 22.8 Å². The Kier molecular flexibility index (Phi) is 5.25. The number of carbonyl (C=O) groups excluding carboxylic acids is 1. The number of rotatable bonds is 5. The van der Waals surface area contributed by atoms with E-state index in [0.29, 0.717) is 0 Å². The highest BCUT2D eigenvalue weighted by Crippen LogP contribution is 2.27. The van der Waals surface area contributed by atoms with Gasteiger partial charge in [0.05, 0.1) is 6.61 Å². The van der Waals surface area contributed by atoms with Crippen LogP contribution in [0.5, 0.6) is 0 Å². The van der Waals surface area contributed by atoms with E-state index in [1.165, 1.54) is 0 Å². The normalized spacial score (nSPS) is 14.6. The predicted molar refractivity (Wildman–Crippen MR) is 57.6 cm³/mol. The number of hydrogen-bond acceptors (Lipinski definition) is 3. The van der Waals surface area contributed by atoms with Gasteiger partial charge < -0.3 is 4.52 Å². The Bertz CT molecular complexity index is 227. The summed E-state index contributed by atoms with van der Waals surface area (Å²) in [5, 5.41) is 0. The molecule has 0 fully saturated rings. The first kappa shape index (κ1) is 13.2. The van der Waals surface area contributed by atoms with Gasteiger partial charge in [-0.1, -0.05) is 20.8 Å². The molecule has 0 aromatic rings. The van der Waals surface area contributed by atoms with Crippen LogP contribution in [0, 0.1) is 11.8 Å². The molecule has 0 aliphatic heterocycles. The second kappa shape index (κ2) is 5.17. The Morgan fingerprint density at radius 3 is 2.23 bits per heavy atom. The lowest BCUT2D eigenvalue weighted by atomic mass is 9.98. The Morgan fingerprint density at radius 2 is 1.92 bits per heavy atom. The molecule has 0 aromatic carbocycles. The van der Waals surface area contributed by atoms with E-state index in [9.17, 15) is 4.79 Å². The maximum atomic E-state index is 11.4. The lowest BCUT2D eigenvalue weighted by Gasteiger charge is -2.16. The van der Waals surface area contributed by atoms with Gasteiger partial charge in [-0.25, -0.2) is 0 Å². The third kappa shape index (κ3) is 6.29. The van der Waals surface area contributed by atoms with Gasteiger partial charge >= 0.3 is 0 Å². The van der Waals surface area contributed by atoms with Crippen molar-refractivity contribution in [2.45, 2.75) is 20.8 Å². The van der Waals surface area contributed by atoms with Crippen LogP contribution in [-0.2, 0) is 21.1 Å². The molecule has 0 saturated carbocycles. The summed E-state index contributed by atoms with van der Waals surface area (Å²) >= 11 is 4.69. The average molecular weight is 224 g/mol. The fraction of sp³-hybridized carbons (Fsp3) is 0.857. The molecule has 0 saturated heterocycles. The van der Waals surface area contributed by atoms with Gasteiger partial charge in [0, 0.05) is 11.8 Å². The van der Waals surface area contributed by atoms with Gasteiger partial charge in [0.1, 0.15) is 5.78 Å². The Labute approximate surface area is 84.2 Å². The number of Topliss-reactive ketones (excluding diaryl/α,β-unsaturated/α-hetero) is 1. The summed E-state index contributed by atoms with van der Waals surface area (Å²) in [6, 6.07) is 0. The van der Waals surface area contributed by atoms with E-state index >= 15 is 0 Å². The first-order valence-electron chi connectivity index (χ1n) is 4.09. The fourth-order valence-corrected chi connectivity index (χ4v) is 1.52. The molecular weight excluding hydrogens is 207 g/mol. The van der Waals surface area contributed by atoms with Crippen LogP contribution in [0.15, 0.2) is 0 Å². The molecule has 0 aliphatic rings.